The Balaban J connectivity index is 1.44. The van der Waals surface area contributed by atoms with Gasteiger partial charge in [0.05, 0.1) is 13.7 Å². The molecular formula is C39H48F5N5O9S. The molecule has 2 saturated carbocycles. The number of methoxy groups -OCH3 is 1. The number of benzene rings is 1. The van der Waals surface area contributed by atoms with Crippen LogP contribution in [0.2, 0.25) is 0 Å². The minimum absolute atomic E-state index is 0.0159. The molecule has 4 aliphatic rings. The molecule has 0 spiro atoms. The number of carbonyl (C=O) groups is 4. The fourth-order valence-corrected chi connectivity index (χ4v) is 9.69. The molecule has 0 radical (unpaired) electrons. The summed E-state index contributed by atoms with van der Waals surface area (Å²) in [5.41, 5.74) is -4.97. The van der Waals surface area contributed by atoms with Crippen LogP contribution in [0.5, 0.6) is 11.8 Å². The Hall–Kier alpha value is -4.75. The van der Waals surface area contributed by atoms with Gasteiger partial charge >= 0.3 is 12.3 Å². The Bertz CT molecular complexity index is 2150. The quantitative estimate of drug-likeness (QED) is 0.222. The summed E-state index contributed by atoms with van der Waals surface area (Å²) in [7, 11) is -3.22. The fraction of sp³-hybridized carbons (Fsp3) is 0.615. The number of alkyl halides is 4. The molecule has 20 heteroatoms. The number of hydrogen-bond donors (Lipinski definition) is 3. The topological polar surface area (TPSA) is 185 Å². The summed E-state index contributed by atoms with van der Waals surface area (Å²) >= 11 is 0. The van der Waals surface area contributed by atoms with Crippen molar-refractivity contribution < 1.29 is 64.1 Å². The van der Waals surface area contributed by atoms with Crippen molar-refractivity contribution in [2.24, 2.45) is 17.8 Å². The molecule has 3 N–H and O–H groups in total. The van der Waals surface area contributed by atoms with E-state index >= 15 is 0 Å². The molecule has 324 valence electrons. The number of allylic oxidation sites excluding steroid dienone is 1. The van der Waals surface area contributed by atoms with E-state index in [0.29, 0.717) is 37.5 Å². The fourth-order valence-electron chi connectivity index (χ4n) is 8.26. The van der Waals surface area contributed by atoms with Crippen molar-refractivity contribution in [2.75, 3.05) is 20.3 Å². The molecule has 0 unspecified atom stereocenters. The summed E-state index contributed by atoms with van der Waals surface area (Å²) in [6.45, 7) is 2.85. The number of ether oxygens (including phenoxy) is 2. The van der Waals surface area contributed by atoms with Crippen LogP contribution in [-0.2, 0) is 24.4 Å². The zero-order chi connectivity index (χ0) is 43.5. The monoisotopic (exact) mass is 857 g/mol. The Morgan fingerprint density at radius 3 is 2.44 bits per heavy atom. The molecule has 3 heterocycles. The van der Waals surface area contributed by atoms with E-state index in [9.17, 15) is 54.7 Å². The van der Waals surface area contributed by atoms with Gasteiger partial charge in [0.1, 0.15) is 46.5 Å². The largest absolute Gasteiger partial charge is 0.481 e. The van der Waals surface area contributed by atoms with Gasteiger partial charge in [-0.2, -0.15) is 18.2 Å². The lowest BCUT2D eigenvalue weighted by atomic mass is 9.85. The molecule has 2 aliphatic carbocycles. The molecule has 1 aromatic carbocycles. The van der Waals surface area contributed by atoms with Gasteiger partial charge in [-0.1, -0.05) is 26.0 Å². The predicted molar refractivity (Wildman–Crippen MR) is 202 cm³/mol. The zero-order valence-corrected chi connectivity index (χ0v) is 34.0. The lowest BCUT2D eigenvalue weighted by molar-refractivity contribution is -0.222. The first kappa shape index (κ1) is 43.8. The molecule has 4 amide bonds. The van der Waals surface area contributed by atoms with Crippen LogP contribution in [0.4, 0.5) is 26.7 Å². The second-order valence-corrected chi connectivity index (χ2v) is 18.9. The summed E-state index contributed by atoms with van der Waals surface area (Å²) < 4.78 is 110. The van der Waals surface area contributed by atoms with Crippen LogP contribution >= 0.6 is 0 Å². The number of sulfonamides is 1. The molecule has 7 atom stereocenters. The van der Waals surface area contributed by atoms with Crippen LogP contribution in [-0.4, -0.2) is 113 Å². The van der Waals surface area contributed by atoms with E-state index in [1.807, 2.05) is 4.72 Å². The number of carbonyl (C=O) groups excluding carboxylic acids is 3. The van der Waals surface area contributed by atoms with Gasteiger partial charge in [-0.15, -0.1) is 0 Å². The number of nitrogens with one attached hydrogen (secondary N) is 2. The van der Waals surface area contributed by atoms with Crippen LogP contribution in [0.3, 0.4) is 0 Å². The average Bonchev–Trinajstić information content (AvgIpc) is 4.05. The third-order valence-electron chi connectivity index (χ3n) is 12.2. The summed E-state index contributed by atoms with van der Waals surface area (Å²) in [5.74, 6) is -5.93. The lowest BCUT2D eigenvalue weighted by Crippen LogP contribution is -2.66. The highest BCUT2D eigenvalue weighted by atomic mass is 32.2. The number of halogens is 5. The molecular weight excluding hydrogens is 810 g/mol. The van der Waals surface area contributed by atoms with Crippen molar-refractivity contribution in [3.05, 3.63) is 42.2 Å². The van der Waals surface area contributed by atoms with Crippen LogP contribution in [0.1, 0.15) is 72.6 Å². The van der Waals surface area contributed by atoms with E-state index in [4.69, 9.17) is 9.47 Å². The predicted octanol–water partition coefficient (Wildman–Crippen LogP) is 5.26. The molecule has 14 nitrogen and oxygen atoms in total. The summed E-state index contributed by atoms with van der Waals surface area (Å²) in [6, 6.07) is 1.59. The second-order valence-electron chi connectivity index (χ2n) is 16.8. The summed E-state index contributed by atoms with van der Waals surface area (Å²) in [4.78, 5) is 61.7. The number of carboxylic acid groups (broad SMARTS) is 1. The number of aromatic nitrogens is 1. The highest BCUT2D eigenvalue weighted by molar-refractivity contribution is 7.91. The van der Waals surface area contributed by atoms with E-state index in [-0.39, 0.29) is 54.7 Å². The Morgan fingerprint density at radius 2 is 1.83 bits per heavy atom. The minimum atomic E-state index is -5.15. The smallest absolute Gasteiger partial charge is 0.411 e. The lowest BCUT2D eigenvalue weighted by Gasteiger charge is -2.45. The maximum atomic E-state index is 15.0. The van der Waals surface area contributed by atoms with Gasteiger partial charge in [0.25, 0.3) is 5.91 Å². The van der Waals surface area contributed by atoms with Crippen molar-refractivity contribution in [2.45, 2.75) is 113 Å². The van der Waals surface area contributed by atoms with Crippen LogP contribution in [0.15, 0.2) is 36.4 Å². The average molecular weight is 858 g/mol. The van der Waals surface area contributed by atoms with Crippen molar-refractivity contribution in [1.82, 2.24) is 24.8 Å². The Morgan fingerprint density at radius 1 is 1.14 bits per heavy atom. The number of rotatable bonds is 9. The van der Waals surface area contributed by atoms with E-state index < -0.39 is 105 Å². The van der Waals surface area contributed by atoms with Crippen molar-refractivity contribution in [3.63, 3.8) is 0 Å². The number of amides is 4. The molecule has 0 bridgehead atoms. The van der Waals surface area contributed by atoms with Gasteiger partial charge < -0.3 is 24.8 Å². The number of pyridine rings is 1. The van der Waals surface area contributed by atoms with Crippen molar-refractivity contribution in [1.29, 1.82) is 0 Å². The first-order valence-electron chi connectivity index (χ1n) is 19.3. The van der Waals surface area contributed by atoms with Crippen molar-refractivity contribution in [3.8, 4) is 11.8 Å². The molecule has 59 heavy (non-hydrogen) atoms. The minimum Gasteiger partial charge on any atom is -0.481 e. The first-order chi connectivity index (χ1) is 27.5. The number of nitrogens with zero attached hydrogens (tertiary/aromatic N) is 3. The Labute approximate surface area is 337 Å². The van der Waals surface area contributed by atoms with Crippen LogP contribution < -0.4 is 19.5 Å². The van der Waals surface area contributed by atoms with E-state index in [1.165, 1.54) is 32.2 Å². The first-order valence-corrected chi connectivity index (χ1v) is 20.8. The van der Waals surface area contributed by atoms with Gasteiger partial charge in [0.15, 0.2) is 0 Å². The van der Waals surface area contributed by atoms with Gasteiger partial charge in [-0.25, -0.2) is 22.0 Å². The summed E-state index contributed by atoms with van der Waals surface area (Å²) in [5, 5.41) is 13.7. The maximum absolute atomic E-state index is 15.0. The molecule has 1 aromatic heterocycles. The third kappa shape index (κ3) is 8.24. The number of fused-ring (bicyclic) bond motifs is 3. The van der Waals surface area contributed by atoms with Gasteiger partial charge in [-0.3, -0.25) is 24.0 Å². The van der Waals surface area contributed by atoms with Gasteiger partial charge in [0, 0.05) is 23.8 Å². The van der Waals surface area contributed by atoms with Gasteiger partial charge in [-0.05, 0) is 87.8 Å². The molecule has 6 rings (SSSR count). The van der Waals surface area contributed by atoms with E-state index in [0.717, 1.165) is 11.0 Å². The Kier molecular flexibility index (Phi) is 11.7. The third-order valence-corrected chi connectivity index (χ3v) is 14.3. The van der Waals surface area contributed by atoms with Crippen molar-refractivity contribution >= 4 is 44.6 Å². The summed E-state index contributed by atoms with van der Waals surface area (Å²) in [6.07, 6.45) is -4.45. The zero-order valence-electron chi connectivity index (χ0n) is 33.1. The molecule has 2 aliphatic heterocycles. The second kappa shape index (κ2) is 15.7. The number of hydrogen-bond acceptors (Lipinski definition) is 9. The normalized spacial score (nSPS) is 29.2. The SMILES string of the molecule is COc1cc2cc(F)ccc2c(O[C@@H]2C[C@H]3C(=O)N[C@]4(C(=O)NS(=O)(=O)C5(CF)CC5)C[C@H]4/C=C\CC[C@@H](C)C[C@@H](C)[C@H](N(C(=O)O)C(C)(C)C(F)(F)F)C(=O)N3C2)n1. The standard InChI is InChI=1S/C39H48F5N5O9S/c1-21-8-6-7-9-24-18-38(24,34(52)47-59(55,56)37(20-40)12-13-37)46-31(50)28-17-26(58-32-27-11-10-25(41)15-23(27)16-29(45-32)57-5)19-48(28)33(51)30(22(2)14-21)49(35(53)54)36(3,4)39(42,43)44/h7,9-11,15-16,21-22,24,26,28,30H,6,8,12-14,17-20H2,1-5H3,(H,46,50)(H,47,52)(H,53,54)/b9-7-/t21-,22-,24-,26-,28+,30+,38-/m1/s1. The molecule has 1 saturated heterocycles. The van der Waals surface area contributed by atoms with Gasteiger partial charge in [0.2, 0.25) is 33.6 Å². The van der Waals surface area contributed by atoms with E-state index in [1.54, 1.807) is 19.1 Å². The van der Waals surface area contributed by atoms with E-state index in [2.05, 4.69) is 10.3 Å². The highest BCUT2D eigenvalue weighted by Gasteiger charge is 2.64. The molecule has 2 aromatic rings. The molecule has 3 fully saturated rings. The highest BCUT2D eigenvalue weighted by Crippen LogP contribution is 2.48. The van der Waals surface area contributed by atoms with Crippen LogP contribution in [0.25, 0.3) is 10.8 Å². The maximum Gasteiger partial charge on any atom is 0.411 e. The van der Waals surface area contributed by atoms with Crippen LogP contribution in [0, 0.1) is 23.6 Å².